The quantitative estimate of drug-likeness (QED) is 0.0323. The monoisotopic (exact) mass is 1440 g/mol. The largest absolute Gasteiger partial charge is 0.465 e. The third kappa shape index (κ3) is 68.6. The Balaban J connectivity index is 5.58. The van der Waals surface area contributed by atoms with Gasteiger partial charge in [0.05, 0.1) is 5.41 Å². The predicted molar refractivity (Wildman–Crippen MR) is 428 cm³/mol. The Labute approximate surface area is 631 Å². The van der Waals surface area contributed by atoms with Crippen LogP contribution in [0.5, 0.6) is 0 Å². The van der Waals surface area contributed by atoms with E-state index in [4.69, 9.17) is 28.4 Å². The molecule has 0 heterocycles. The first-order chi connectivity index (χ1) is 49.9. The van der Waals surface area contributed by atoms with E-state index in [9.17, 15) is 28.8 Å². The highest BCUT2D eigenvalue weighted by Crippen LogP contribution is 2.28. The van der Waals surface area contributed by atoms with E-state index in [1.165, 1.54) is 212 Å². The van der Waals surface area contributed by atoms with Crippen LogP contribution in [0.3, 0.4) is 0 Å². The Morgan fingerprint density at radius 1 is 0.196 bits per heavy atom. The molecule has 0 saturated carbocycles. The van der Waals surface area contributed by atoms with Crippen molar-refractivity contribution in [1.82, 2.24) is 0 Å². The molecular weight excluding hydrogens is 1270 g/mol. The van der Waals surface area contributed by atoms with Crippen LogP contribution in [0.15, 0.2) is 0 Å². The molecule has 12 nitrogen and oxygen atoms in total. The number of hydrogen-bond donors (Lipinski definition) is 0. The maximum absolute atomic E-state index is 13.4. The first-order valence-corrected chi connectivity index (χ1v) is 45.0. The molecule has 0 aromatic heterocycles. The van der Waals surface area contributed by atoms with E-state index in [2.05, 4.69) is 41.5 Å². The summed E-state index contributed by atoms with van der Waals surface area (Å²) in [6, 6.07) is 0. The van der Waals surface area contributed by atoms with E-state index in [1.54, 1.807) is 0 Å². The first-order valence-electron chi connectivity index (χ1n) is 45.0. The van der Waals surface area contributed by atoms with Crippen molar-refractivity contribution in [3.63, 3.8) is 0 Å². The van der Waals surface area contributed by atoms with Gasteiger partial charge in [-0.2, -0.15) is 0 Å². The number of carbonyl (C=O) groups is 6. The summed E-state index contributed by atoms with van der Waals surface area (Å²) in [4.78, 5) is 79.1. The second-order valence-corrected chi connectivity index (χ2v) is 31.4. The molecule has 0 aliphatic carbocycles. The number of ether oxygens (including phenoxy) is 6. The van der Waals surface area contributed by atoms with Crippen molar-refractivity contribution >= 4 is 35.8 Å². The van der Waals surface area contributed by atoms with Crippen LogP contribution in [0.2, 0.25) is 0 Å². The fourth-order valence-corrected chi connectivity index (χ4v) is 14.1. The Morgan fingerprint density at radius 2 is 0.343 bits per heavy atom. The smallest absolute Gasteiger partial charge is 0.306 e. The molecule has 12 heteroatoms. The van der Waals surface area contributed by atoms with E-state index in [0.717, 1.165) is 173 Å². The highest BCUT2D eigenvalue weighted by molar-refractivity contribution is 5.71. The van der Waals surface area contributed by atoms with E-state index >= 15 is 0 Å². The molecule has 102 heavy (non-hydrogen) atoms. The van der Waals surface area contributed by atoms with Gasteiger partial charge >= 0.3 is 35.8 Å². The summed E-state index contributed by atoms with van der Waals surface area (Å²) in [7, 11) is 0. The van der Waals surface area contributed by atoms with E-state index < -0.39 is 5.41 Å². The van der Waals surface area contributed by atoms with Crippen molar-refractivity contribution < 1.29 is 57.2 Å². The molecule has 0 saturated heterocycles. The molecule has 0 fully saturated rings. The fourth-order valence-electron chi connectivity index (χ4n) is 14.1. The van der Waals surface area contributed by atoms with Gasteiger partial charge in [0.2, 0.25) is 0 Å². The number of esters is 6. The molecule has 0 N–H and O–H groups in total. The molecule has 0 aliphatic heterocycles. The lowest BCUT2D eigenvalue weighted by Crippen LogP contribution is -2.39. The third-order valence-electron chi connectivity index (χ3n) is 21.3. The minimum absolute atomic E-state index is 0.0104. The highest BCUT2D eigenvalue weighted by atomic mass is 16.6. The molecule has 0 aromatic carbocycles. The Hall–Kier alpha value is -3.18. The van der Waals surface area contributed by atoms with Gasteiger partial charge in [-0.3, -0.25) is 28.8 Å². The van der Waals surface area contributed by atoms with Gasteiger partial charge in [-0.1, -0.05) is 337 Å². The SMILES string of the molecule is CCCCCCCCCC(=O)OC(CCCCCCCCC)CCCCCCCC(=O)OCC(CC)(COC(=O)CCCCCCCC(CCCCCCCCC)OC(=O)CCCCCCCCC)COC(=O)CCCCCCCC(CCCCCCCCC)OC(=O)CCCCCCCCC. The molecule has 0 amide bonds. The number of carbonyl (C=O) groups excluding carboxylic acids is 6. The number of rotatable bonds is 82. The van der Waals surface area contributed by atoms with Crippen molar-refractivity contribution in [3.8, 4) is 0 Å². The molecule has 0 rings (SSSR count). The highest BCUT2D eigenvalue weighted by Gasteiger charge is 2.34. The van der Waals surface area contributed by atoms with Crippen LogP contribution in [0.4, 0.5) is 0 Å². The lowest BCUT2D eigenvalue weighted by atomic mass is 9.88. The summed E-state index contributed by atoms with van der Waals surface area (Å²) in [6.07, 6.45) is 72.8. The molecule has 3 unspecified atom stereocenters. The van der Waals surface area contributed by atoms with Crippen LogP contribution in [0.25, 0.3) is 0 Å². The van der Waals surface area contributed by atoms with Crippen molar-refractivity contribution in [2.24, 2.45) is 5.41 Å². The summed E-state index contributed by atoms with van der Waals surface area (Å²) >= 11 is 0. The summed E-state index contributed by atoms with van der Waals surface area (Å²) in [5.74, 6) is -1.02. The number of hydrogen-bond acceptors (Lipinski definition) is 12. The molecule has 0 radical (unpaired) electrons. The van der Waals surface area contributed by atoms with Gasteiger partial charge in [0.1, 0.15) is 38.1 Å². The van der Waals surface area contributed by atoms with E-state index in [0.29, 0.717) is 44.9 Å². The summed E-state index contributed by atoms with van der Waals surface area (Å²) < 4.78 is 36.3. The van der Waals surface area contributed by atoms with E-state index in [1.807, 2.05) is 6.92 Å². The van der Waals surface area contributed by atoms with Crippen LogP contribution in [-0.4, -0.2) is 73.9 Å². The number of unbranched alkanes of at least 4 members (excludes halogenated alkanes) is 48. The molecular formula is C90H170O12. The maximum Gasteiger partial charge on any atom is 0.306 e. The van der Waals surface area contributed by atoms with Gasteiger partial charge < -0.3 is 28.4 Å². The third-order valence-corrected chi connectivity index (χ3v) is 21.3. The van der Waals surface area contributed by atoms with Crippen molar-refractivity contribution in [3.05, 3.63) is 0 Å². The topological polar surface area (TPSA) is 158 Å². The molecule has 0 spiro atoms. The van der Waals surface area contributed by atoms with Crippen LogP contribution >= 0.6 is 0 Å². The second-order valence-electron chi connectivity index (χ2n) is 31.4. The molecule has 0 bridgehead atoms. The average Bonchev–Trinajstić information content (AvgIpc) is 0.901. The summed E-state index contributed by atoms with van der Waals surface area (Å²) in [5, 5.41) is 0. The second kappa shape index (κ2) is 77.4. The van der Waals surface area contributed by atoms with Crippen LogP contribution in [-0.2, 0) is 57.2 Å². The van der Waals surface area contributed by atoms with Crippen molar-refractivity contribution in [2.75, 3.05) is 19.8 Å². The summed E-state index contributed by atoms with van der Waals surface area (Å²) in [6.45, 7) is 15.4. The Bertz CT molecular complexity index is 1650. The molecule has 0 aliphatic rings. The van der Waals surface area contributed by atoms with Crippen molar-refractivity contribution in [1.29, 1.82) is 0 Å². The molecule has 3 atom stereocenters. The normalized spacial score (nSPS) is 13.0. The van der Waals surface area contributed by atoms with Gasteiger partial charge in [0.25, 0.3) is 0 Å². The molecule has 0 aromatic rings. The van der Waals surface area contributed by atoms with E-state index in [-0.39, 0.29) is 93.2 Å². The summed E-state index contributed by atoms with van der Waals surface area (Å²) in [5.41, 5.74) is -0.878. The van der Waals surface area contributed by atoms with Gasteiger partial charge in [-0.25, -0.2) is 0 Å². The predicted octanol–water partition coefficient (Wildman–Crippen LogP) is 27.8. The minimum atomic E-state index is -0.878. The zero-order chi connectivity index (χ0) is 74.6. The Kier molecular flexibility index (Phi) is 75.0. The molecule has 602 valence electrons. The minimum Gasteiger partial charge on any atom is -0.465 e. The Morgan fingerprint density at radius 3 is 0.510 bits per heavy atom. The zero-order valence-corrected chi connectivity index (χ0v) is 68.7. The van der Waals surface area contributed by atoms with Gasteiger partial charge in [0.15, 0.2) is 0 Å². The van der Waals surface area contributed by atoms with Crippen LogP contribution in [0.1, 0.15) is 498 Å². The van der Waals surface area contributed by atoms with Crippen LogP contribution in [0, 0.1) is 5.41 Å². The first kappa shape index (κ1) is 98.8. The lowest BCUT2D eigenvalue weighted by molar-refractivity contribution is -0.163. The standard InChI is InChI=1S/C90H170O12/c1-8-15-21-27-33-42-54-66-81(100-87(94)75-63-48-36-30-24-18-11-4)69-57-45-39-51-60-72-84(91)97-78-90(14-7,79-98-85(92)73-61-52-40-46-58-70-82(67-55-43-34-28-22-16-9-2)101-88(95)76-64-49-37-31-25-19-12-5)80-99-86(93)74-62-53-41-47-59-71-83(68-56-44-35-29-23-17-10-3)102-89(96)77-65-50-38-32-26-20-13-6/h81-83H,8-80H2,1-7H3. The average molecular weight is 1440 g/mol. The fraction of sp³-hybridized carbons (Fsp3) is 0.933. The van der Waals surface area contributed by atoms with Crippen LogP contribution < -0.4 is 0 Å². The van der Waals surface area contributed by atoms with Gasteiger partial charge in [-0.15, -0.1) is 0 Å². The van der Waals surface area contributed by atoms with Gasteiger partial charge in [0, 0.05) is 38.5 Å². The zero-order valence-electron chi connectivity index (χ0n) is 68.7. The van der Waals surface area contributed by atoms with Gasteiger partial charge in [-0.05, 0) is 122 Å². The maximum atomic E-state index is 13.4. The van der Waals surface area contributed by atoms with Crippen molar-refractivity contribution in [2.45, 2.75) is 516 Å². The lowest BCUT2D eigenvalue weighted by Gasteiger charge is -2.31.